The molecule has 0 saturated carbocycles. The highest BCUT2D eigenvalue weighted by atomic mass is 19.3. The van der Waals surface area contributed by atoms with Crippen molar-refractivity contribution in [2.75, 3.05) is 0 Å². The van der Waals surface area contributed by atoms with Gasteiger partial charge in [0.1, 0.15) is 17.4 Å². The minimum atomic E-state index is -3.01. The molecule has 164 valence electrons. The lowest BCUT2D eigenvalue weighted by atomic mass is 10.1. The molecular formula is C19H11F4N5O4. The minimum absolute atomic E-state index is 0.0118. The molecule has 2 aromatic heterocycles. The molecule has 0 radical (unpaired) electrons. The summed E-state index contributed by atoms with van der Waals surface area (Å²) >= 11 is 0. The SMILES string of the molecule is NC(=O)Oc1cccc(-c2nc(Cc3c(F)cc(-c4nnc(C(F)F)o4)cc3F)no2)c1. The number of rotatable bonds is 6. The molecule has 0 spiro atoms. The van der Waals surface area contributed by atoms with Crippen molar-refractivity contribution in [2.45, 2.75) is 12.8 Å². The minimum Gasteiger partial charge on any atom is -0.415 e. The average Bonchev–Trinajstić information content (AvgIpc) is 3.40. The highest BCUT2D eigenvalue weighted by molar-refractivity contribution is 5.69. The Morgan fingerprint density at radius 2 is 1.81 bits per heavy atom. The standard InChI is InChI=1S/C19H11F4N5O4/c20-12-5-9(17-26-27-18(31-17)15(22)23)6-13(21)11(12)7-14-25-16(32-28-14)8-2-1-3-10(4-8)30-19(24)29/h1-6,15H,7H2,(H2,24,29). The summed E-state index contributed by atoms with van der Waals surface area (Å²) in [5.74, 6) is -3.31. The van der Waals surface area contributed by atoms with Gasteiger partial charge in [-0.05, 0) is 30.3 Å². The van der Waals surface area contributed by atoms with E-state index in [4.69, 9.17) is 19.4 Å². The largest absolute Gasteiger partial charge is 0.415 e. The van der Waals surface area contributed by atoms with Gasteiger partial charge in [-0.15, -0.1) is 10.2 Å². The summed E-state index contributed by atoms with van der Waals surface area (Å²) in [7, 11) is 0. The zero-order chi connectivity index (χ0) is 22.8. The maximum atomic E-state index is 14.5. The second kappa shape index (κ2) is 8.45. The van der Waals surface area contributed by atoms with Crippen molar-refractivity contribution < 1.29 is 36.0 Å². The molecule has 0 aliphatic carbocycles. The predicted octanol–water partition coefficient (Wildman–Crippen LogP) is 4.05. The first-order valence-electron chi connectivity index (χ1n) is 8.80. The molecule has 4 aromatic rings. The summed E-state index contributed by atoms with van der Waals surface area (Å²) in [6, 6.07) is 7.76. The van der Waals surface area contributed by atoms with Gasteiger partial charge in [0.05, 0.1) is 0 Å². The van der Waals surface area contributed by atoms with Crippen LogP contribution in [0.4, 0.5) is 22.4 Å². The van der Waals surface area contributed by atoms with E-state index in [0.717, 1.165) is 12.1 Å². The third-order valence-electron chi connectivity index (χ3n) is 4.12. The fourth-order valence-corrected chi connectivity index (χ4v) is 2.74. The van der Waals surface area contributed by atoms with Crippen LogP contribution < -0.4 is 10.5 Å². The lowest BCUT2D eigenvalue weighted by Crippen LogP contribution is -2.16. The highest BCUT2D eigenvalue weighted by Crippen LogP contribution is 2.28. The van der Waals surface area contributed by atoms with E-state index in [-0.39, 0.29) is 35.0 Å². The van der Waals surface area contributed by atoms with Crippen molar-refractivity contribution in [3.8, 4) is 28.7 Å². The first-order valence-corrected chi connectivity index (χ1v) is 8.80. The Labute approximate surface area is 175 Å². The normalized spacial score (nSPS) is 11.2. The Kier molecular flexibility index (Phi) is 5.54. The van der Waals surface area contributed by atoms with Gasteiger partial charge >= 0.3 is 12.5 Å². The number of alkyl halides is 2. The monoisotopic (exact) mass is 449 g/mol. The van der Waals surface area contributed by atoms with Crippen LogP contribution in [0.1, 0.15) is 23.7 Å². The lowest BCUT2D eigenvalue weighted by Gasteiger charge is -2.04. The van der Waals surface area contributed by atoms with E-state index in [0.29, 0.717) is 5.56 Å². The van der Waals surface area contributed by atoms with Gasteiger partial charge in [0.25, 0.3) is 11.8 Å². The molecule has 0 unspecified atom stereocenters. The van der Waals surface area contributed by atoms with Gasteiger partial charge in [-0.1, -0.05) is 11.2 Å². The van der Waals surface area contributed by atoms with Gasteiger partial charge < -0.3 is 19.4 Å². The molecule has 0 aliphatic rings. The number of nitrogens with zero attached hydrogens (tertiary/aromatic N) is 4. The maximum Gasteiger partial charge on any atom is 0.409 e. The molecule has 0 fully saturated rings. The first kappa shape index (κ1) is 21.0. The zero-order valence-corrected chi connectivity index (χ0v) is 15.8. The van der Waals surface area contributed by atoms with E-state index in [1.54, 1.807) is 12.1 Å². The Hall–Kier alpha value is -4.29. The number of ether oxygens (including phenoxy) is 1. The number of nitrogens with two attached hydrogens (primary N) is 1. The quantitative estimate of drug-likeness (QED) is 0.436. The number of primary amides is 1. The smallest absolute Gasteiger partial charge is 0.409 e. The van der Waals surface area contributed by atoms with Gasteiger partial charge in [-0.2, -0.15) is 13.8 Å². The lowest BCUT2D eigenvalue weighted by molar-refractivity contribution is 0.116. The number of hydrogen-bond acceptors (Lipinski definition) is 8. The molecule has 0 aliphatic heterocycles. The van der Waals surface area contributed by atoms with Gasteiger partial charge in [0.2, 0.25) is 5.89 Å². The molecule has 0 atom stereocenters. The van der Waals surface area contributed by atoms with Crippen molar-refractivity contribution in [1.29, 1.82) is 0 Å². The van der Waals surface area contributed by atoms with Crippen molar-refractivity contribution in [3.05, 3.63) is 65.3 Å². The molecule has 9 nitrogen and oxygen atoms in total. The molecule has 32 heavy (non-hydrogen) atoms. The molecule has 1 amide bonds. The number of hydrogen-bond donors (Lipinski definition) is 1. The van der Waals surface area contributed by atoms with E-state index in [2.05, 4.69) is 20.3 Å². The first-order chi connectivity index (χ1) is 15.3. The van der Waals surface area contributed by atoms with Crippen LogP contribution in [0.25, 0.3) is 22.9 Å². The Bertz CT molecular complexity index is 1270. The molecule has 4 rings (SSSR count). The van der Waals surface area contributed by atoms with E-state index in [1.165, 1.54) is 12.1 Å². The van der Waals surface area contributed by atoms with E-state index < -0.39 is 35.9 Å². The molecular weight excluding hydrogens is 438 g/mol. The zero-order valence-electron chi connectivity index (χ0n) is 15.8. The van der Waals surface area contributed by atoms with Crippen LogP contribution in [-0.4, -0.2) is 26.4 Å². The van der Waals surface area contributed by atoms with Crippen LogP contribution in [0.15, 0.2) is 45.3 Å². The van der Waals surface area contributed by atoms with E-state index >= 15 is 0 Å². The van der Waals surface area contributed by atoms with Crippen molar-refractivity contribution in [2.24, 2.45) is 5.73 Å². The van der Waals surface area contributed by atoms with Gasteiger partial charge in [0, 0.05) is 23.1 Å². The predicted molar refractivity (Wildman–Crippen MR) is 97.4 cm³/mol. The highest BCUT2D eigenvalue weighted by Gasteiger charge is 2.21. The number of aromatic nitrogens is 4. The fourth-order valence-electron chi connectivity index (χ4n) is 2.74. The van der Waals surface area contributed by atoms with E-state index in [1.807, 2.05) is 0 Å². The molecule has 0 saturated heterocycles. The number of carbonyl (C=O) groups excluding carboxylic acids is 1. The average molecular weight is 449 g/mol. The van der Waals surface area contributed by atoms with Crippen molar-refractivity contribution in [3.63, 3.8) is 0 Å². The Morgan fingerprint density at radius 3 is 2.47 bits per heavy atom. The van der Waals surface area contributed by atoms with Crippen LogP contribution in [0.2, 0.25) is 0 Å². The van der Waals surface area contributed by atoms with Gasteiger partial charge in [-0.3, -0.25) is 0 Å². The summed E-state index contributed by atoms with van der Waals surface area (Å²) in [6.07, 6.45) is -4.39. The Morgan fingerprint density at radius 1 is 1.06 bits per heavy atom. The number of halogens is 4. The van der Waals surface area contributed by atoms with E-state index in [9.17, 15) is 22.4 Å². The van der Waals surface area contributed by atoms with Crippen LogP contribution in [0.5, 0.6) is 5.75 Å². The molecule has 2 aromatic carbocycles. The van der Waals surface area contributed by atoms with Gasteiger partial charge in [0.15, 0.2) is 5.82 Å². The Balaban J connectivity index is 1.56. The summed E-state index contributed by atoms with van der Waals surface area (Å²) < 4.78 is 68.8. The maximum absolute atomic E-state index is 14.5. The van der Waals surface area contributed by atoms with Crippen LogP contribution in [-0.2, 0) is 6.42 Å². The molecule has 2 N–H and O–H groups in total. The summed E-state index contributed by atoms with van der Waals surface area (Å²) in [5, 5.41) is 10.2. The summed E-state index contributed by atoms with van der Waals surface area (Å²) in [5.41, 5.74) is 4.75. The molecule has 13 heteroatoms. The molecule has 2 heterocycles. The third-order valence-corrected chi connectivity index (χ3v) is 4.12. The van der Waals surface area contributed by atoms with Crippen molar-refractivity contribution >= 4 is 6.09 Å². The van der Waals surface area contributed by atoms with Crippen LogP contribution in [0.3, 0.4) is 0 Å². The van der Waals surface area contributed by atoms with Crippen LogP contribution >= 0.6 is 0 Å². The van der Waals surface area contributed by atoms with Crippen LogP contribution in [0, 0.1) is 11.6 Å². The number of benzene rings is 2. The van der Waals surface area contributed by atoms with Crippen molar-refractivity contribution in [1.82, 2.24) is 20.3 Å². The number of carbonyl (C=O) groups is 1. The second-order valence-electron chi connectivity index (χ2n) is 6.31. The van der Waals surface area contributed by atoms with Gasteiger partial charge in [-0.25, -0.2) is 13.6 Å². The third kappa shape index (κ3) is 4.40. The summed E-state index contributed by atoms with van der Waals surface area (Å²) in [4.78, 5) is 14.9. The topological polar surface area (TPSA) is 130 Å². The summed E-state index contributed by atoms with van der Waals surface area (Å²) in [6.45, 7) is 0. The molecule has 0 bridgehead atoms. The fraction of sp³-hybridized carbons (Fsp3) is 0.105. The second-order valence-corrected chi connectivity index (χ2v) is 6.31. The number of amides is 1.